The molecule has 1 fully saturated rings. The third kappa shape index (κ3) is 3.38. The maximum absolute atomic E-state index is 11.4. The van der Waals surface area contributed by atoms with Crippen LogP contribution in [-0.2, 0) is 4.79 Å². The van der Waals surface area contributed by atoms with Crippen molar-refractivity contribution in [2.24, 2.45) is 5.73 Å². The van der Waals surface area contributed by atoms with Gasteiger partial charge in [-0.15, -0.1) is 10.2 Å². The van der Waals surface area contributed by atoms with Crippen molar-refractivity contribution in [1.82, 2.24) is 14.8 Å². The molecular weight excluding hydrogens is 332 g/mol. The van der Waals surface area contributed by atoms with E-state index in [0.29, 0.717) is 11.1 Å². The lowest BCUT2D eigenvalue weighted by Gasteiger charge is -2.18. The molecule has 0 unspecified atom stereocenters. The topological polar surface area (TPSA) is 73.8 Å². The molecule has 0 spiro atoms. The summed E-state index contributed by atoms with van der Waals surface area (Å²) < 4.78 is 2.14. The van der Waals surface area contributed by atoms with Crippen LogP contribution in [-0.4, -0.2) is 25.9 Å². The van der Waals surface area contributed by atoms with Crippen LogP contribution in [0.1, 0.15) is 38.6 Å². The summed E-state index contributed by atoms with van der Waals surface area (Å²) in [7, 11) is 0. The highest BCUT2D eigenvalue weighted by Crippen LogP contribution is 2.38. The highest BCUT2D eigenvalue weighted by Gasteiger charge is 2.27. The molecule has 1 atom stereocenters. The van der Waals surface area contributed by atoms with Gasteiger partial charge in [-0.05, 0) is 31.9 Å². The molecular formula is C16H19ClN4OS. The van der Waals surface area contributed by atoms with E-state index in [2.05, 4.69) is 14.8 Å². The zero-order valence-corrected chi connectivity index (χ0v) is 14.5. The molecule has 1 aliphatic rings. The minimum absolute atomic E-state index is 0.346. The standard InChI is InChI=1S/C16H19ClN4OS/c1-10(14(18)22)23-16-20-19-15(12-8-4-5-9-13(12)17)21(16)11-6-2-3-7-11/h4-5,8-11H,2-3,6-7H2,1H3,(H2,18,22)/t10-/m0/s1. The Hall–Kier alpha value is -1.53. The molecule has 1 amide bonds. The van der Waals surface area contributed by atoms with Gasteiger partial charge in [-0.3, -0.25) is 9.36 Å². The summed E-state index contributed by atoms with van der Waals surface area (Å²) >= 11 is 7.70. The molecule has 0 aliphatic heterocycles. The van der Waals surface area contributed by atoms with E-state index in [1.807, 2.05) is 24.3 Å². The number of hydrogen-bond acceptors (Lipinski definition) is 4. The number of thioether (sulfide) groups is 1. The molecule has 0 bridgehead atoms. The normalized spacial score (nSPS) is 16.6. The summed E-state index contributed by atoms with van der Waals surface area (Å²) in [5.74, 6) is 0.414. The van der Waals surface area contributed by atoms with Crippen LogP contribution in [0.5, 0.6) is 0 Å². The fourth-order valence-electron chi connectivity index (χ4n) is 2.89. The van der Waals surface area contributed by atoms with E-state index in [4.69, 9.17) is 17.3 Å². The van der Waals surface area contributed by atoms with Gasteiger partial charge < -0.3 is 5.73 Å². The first kappa shape index (κ1) is 16.3. The molecule has 2 N–H and O–H groups in total. The van der Waals surface area contributed by atoms with Crippen LogP contribution in [0.4, 0.5) is 0 Å². The van der Waals surface area contributed by atoms with Gasteiger partial charge in [-0.2, -0.15) is 0 Å². The Balaban J connectivity index is 2.04. The maximum Gasteiger partial charge on any atom is 0.230 e. The zero-order valence-electron chi connectivity index (χ0n) is 12.9. The third-order valence-electron chi connectivity index (χ3n) is 4.15. The quantitative estimate of drug-likeness (QED) is 0.835. The Labute approximate surface area is 144 Å². The van der Waals surface area contributed by atoms with Gasteiger partial charge >= 0.3 is 0 Å². The minimum atomic E-state index is -0.352. The second-order valence-electron chi connectivity index (χ2n) is 5.76. The molecule has 0 radical (unpaired) electrons. The van der Waals surface area contributed by atoms with Crippen molar-refractivity contribution >= 4 is 29.3 Å². The predicted octanol–water partition coefficient (Wildman–Crippen LogP) is 3.68. The molecule has 1 heterocycles. The van der Waals surface area contributed by atoms with Gasteiger partial charge in [-0.25, -0.2) is 0 Å². The van der Waals surface area contributed by atoms with Crippen LogP contribution < -0.4 is 5.73 Å². The van der Waals surface area contributed by atoms with E-state index in [0.717, 1.165) is 29.4 Å². The zero-order chi connectivity index (χ0) is 16.4. The molecule has 122 valence electrons. The minimum Gasteiger partial charge on any atom is -0.369 e. The molecule has 2 aromatic rings. The summed E-state index contributed by atoms with van der Waals surface area (Å²) in [6, 6.07) is 7.98. The Kier molecular flexibility index (Phi) is 4.92. The van der Waals surface area contributed by atoms with Crippen molar-refractivity contribution in [1.29, 1.82) is 0 Å². The van der Waals surface area contributed by atoms with Crippen LogP contribution in [0.2, 0.25) is 5.02 Å². The molecule has 0 saturated heterocycles. The highest BCUT2D eigenvalue weighted by molar-refractivity contribution is 8.00. The SMILES string of the molecule is C[C@H](Sc1nnc(-c2ccccc2Cl)n1C1CCCC1)C(N)=O. The fourth-order valence-corrected chi connectivity index (χ4v) is 3.98. The second kappa shape index (κ2) is 6.93. The van der Waals surface area contributed by atoms with Crippen molar-refractivity contribution < 1.29 is 4.79 Å². The van der Waals surface area contributed by atoms with Crippen molar-refractivity contribution in [3.63, 3.8) is 0 Å². The number of halogens is 1. The van der Waals surface area contributed by atoms with Crippen molar-refractivity contribution in [2.45, 2.75) is 49.1 Å². The van der Waals surface area contributed by atoms with Crippen molar-refractivity contribution in [2.75, 3.05) is 0 Å². The van der Waals surface area contributed by atoms with Crippen LogP contribution in [0, 0.1) is 0 Å². The maximum atomic E-state index is 11.4. The Morgan fingerprint density at radius 2 is 2.04 bits per heavy atom. The summed E-state index contributed by atoms with van der Waals surface area (Å²) in [4.78, 5) is 11.4. The number of benzene rings is 1. The monoisotopic (exact) mass is 350 g/mol. The average Bonchev–Trinajstić information content (AvgIpc) is 3.16. The van der Waals surface area contributed by atoms with Gasteiger partial charge in [0.1, 0.15) is 0 Å². The van der Waals surface area contributed by atoms with E-state index in [1.54, 1.807) is 6.92 Å². The Morgan fingerprint density at radius 3 is 2.70 bits per heavy atom. The molecule has 3 rings (SSSR count). The van der Waals surface area contributed by atoms with Crippen LogP contribution in [0.25, 0.3) is 11.4 Å². The van der Waals surface area contributed by atoms with Crippen molar-refractivity contribution in [3.05, 3.63) is 29.3 Å². The number of aromatic nitrogens is 3. The number of nitrogens with zero attached hydrogens (tertiary/aromatic N) is 3. The smallest absolute Gasteiger partial charge is 0.230 e. The van der Waals surface area contributed by atoms with Crippen LogP contribution >= 0.6 is 23.4 Å². The number of hydrogen-bond donors (Lipinski definition) is 1. The molecule has 23 heavy (non-hydrogen) atoms. The van der Waals surface area contributed by atoms with Gasteiger partial charge in [0.2, 0.25) is 5.91 Å². The third-order valence-corrected chi connectivity index (χ3v) is 5.56. The largest absolute Gasteiger partial charge is 0.369 e. The van der Waals surface area contributed by atoms with E-state index >= 15 is 0 Å². The Morgan fingerprint density at radius 1 is 1.35 bits per heavy atom. The first-order valence-electron chi connectivity index (χ1n) is 7.73. The van der Waals surface area contributed by atoms with Crippen molar-refractivity contribution in [3.8, 4) is 11.4 Å². The lowest BCUT2D eigenvalue weighted by atomic mass is 10.2. The molecule has 5 nitrogen and oxygen atoms in total. The van der Waals surface area contributed by atoms with E-state index in [1.165, 1.54) is 24.6 Å². The lowest BCUT2D eigenvalue weighted by molar-refractivity contribution is -0.117. The van der Waals surface area contributed by atoms with E-state index < -0.39 is 0 Å². The van der Waals surface area contributed by atoms with Gasteiger partial charge in [0, 0.05) is 11.6 Å². The first-order valence-corrected chi connectivity index (χ1v) is 8.99. The Bertz CT molecular complexity index is 712. The molecule has 1 aliphatic carbocycles. The van der Waals surface area contributed by atoms with Gasteiger partial charge in [-0.1, -0.05) is 48.3 Å². The lowest BCUT2D eigenvalue weighted by Crippen LogP contribution is -2.23. The van der Waals surface area contributed by atoms with E-state index in [9.17, 15) is 4.79 Å². The van der Waals surface area contributed by atoms with Gasteiger partial charge in [0.05, 0.1) is 10.3 Å². The number of primary amides is 1. The molecule has 7 heteroatoms. The van der Waals surface area contributed by atoms with E-state index in [-0.39, 0.29) is 11.2 Å². The van der Waals surface area contributed by atoms with Crippen LogP contribution in [0.15, 0.2) is 29.4 Å². The van der Waals surface area contributed by atoms with Gasteiger partial charge in [0.25, 0.3) is 0 Å². The fraction of sp³-hybridized carbons (Fsp3) is 0.438. The molecule has 1 aromatic carbocycles. The van der Waals surface area contributed by atoms with Crippen LogP contribution in [0.3, 0.4) is 0 Å². The molecule has 1 saturated carbocycles. The number of rotatable bonds is 5. The average molecular weight is 351 g/mol. The highest BCUT2D eigenvalue weighted by atomic mass is 35.5. The number of carbonyl (C=O) groups excluding carboxylic acids is 1. The summed E-state index contributed by atoms with van der Waals surface area (Å²) in [6.07, 6.45) is 4.57. The summed E-state index contributed by atoms with van der Waals surface area (Å²) in [5.41, 5.74) is 6.26. The predicted molar refractivity (Wildman–Crippen MR) is 92.5 cm³/mol. The number of amides is 1. The number of nitrogens with two attached hydrogens (primary N) is 1. The van der Waals surface area contributed by atoms with Gasteiger partial charge in [0.15, 0.2) is 11.0 Å². The first-order chi connectivity index (χ1) is 11.1. The summed E-state index contributed by atoms with van der Waals surface area (Å²) in [5, 5.41) is 9.71. The number of carbonyl (C=O) groups is 1. The molecule has 1 aromatic heterocycles. The summed E-state index contributed by atoms with van der Waals surface area (Å²) in [6.45, 7) is 1.79. The second-order valence-corrected chi connectivity index (χ2v) is 7.47.